The Labute approximate surface area is 197 Å². The lowest BCUT2D eigenvalue weighted by atomic mass is 9.82. The van der Waals surface area contributed by atoms with Gasteiger partial charge in [0.05, 0.1) is 16.8 Å². The molecule has 0 unspecified atom stereocenters. The topological polar surface area (TPSA) is 107 Å². The molecule has 0 aromatic heterocycles. The number of fused-ring (bicyclic) bond motifs is 2. The van der Waals surface area contributed by atoms with Crippen LogP contribution in [0, 0.1) is 0 Å². The first kappa shape index (κ1) is 22.9. The Balaban J connectivity index is 1.52. The Morgan fingerprint density at radius 1 is 0.853 bits per heavy atom. The Kier molecular flexibility index (Phi) is 6.27. The first-order valence-electron chi connectivity index (χ1n) is 10.9. The number of nitrogens with two attached hydrogens (primary N) is 1. The number of ketones is 2. The van der Waals surface area contributed by atoms with Crippen molar-refractivity contribution in [3.05, 3.63) is 100 Å². The van der Waals surface area contributed by atoms with Gasteiger partial charge in [0.1, 0.15) is 0 Å². The molecule has 34 heavy (non-hydrogen) atoms. The van der Waals surface area contributed by atoms with Gasteiger partial charge in [-0.2, -0.15) is 0 Å². The maximum absolute atomic E-state index is 13.0. The molecule has 7 heteroatoms. The summed E-state index contributed by atoms with van der Waals surface area (Å²) in [4.78, 5) is 53.0. The molecular weight excluding hydrogens is 432 g/mol. The highest BCUT2D eigenvalue weighted by Crippen LogP contribution is 2.32. The molecule has 1 amide bonds. The van der Waals surface area contributed by atoms with Crippen molar-refractivity contribution in [1.29, 1.82) is 0 Å². The summed E-state index contributed by atoms with van der Waals surface area (Å²) in [6, 6.07) is 18.6. The third-order valence-corrected chi connectivity index (χ3v) is 5.82. The average molecular weight is 456 g/mol. The molecule has 0 aliphatic heterocycles. The molecule has 0 bridgehead atoms. The van der Waals surface area contributed by atoms with Gasteiger partial charge in [0.15, 0.2) is 18.2 Å². The van der Waals surface area contributed by atoms with Gasteiger partial charge in [0, 0.05) is 29.3 Å². The zero-order valence-electron chi connectivity index (χ0n) is 18.9. The molecule has 172 valence electrons. The zero-order chi connectivity index (χ0) is 24.4. The van der Waals surface area contributed by atoms with Gasteiger partial charge < -0.3 is 15.4 Å². The van der Waals surface area contributed by atoms with Crippen LogP contribution in [0.4, 0.5) is 5.69 Å². The lowest BCUT2D eigenvalue weighted by Crippen LogP contribution is -2.39. The molecule has 0 atom stereocenters. The van der Waals surface area contributed by atoms with Crippen molar-refractivity contribution in [2.24, 2.45) is 0 Å². The van der Waals surface area contributed by atoms with Crippen molar-refractivity contribution in [3.63, 3.8) is 0 Å². The lowest BCUT2D eigenvalue weighted by molar-refractivity contribution is -0.136. The van der Waals surface area contributed by atoms with Crippen LogP contribution in [0.1, 0.15) is 61.6 Å². The van der Waals surface area contributed by atoms with Crippen LogP contribution in [0.15, 0.2) is 66.7 Å². The second kappa shape index (κ2) is 9.31. The Morgan fingerprint density at radius 3 is 2.12 bits per heavy atom. The van der Waals surface area contributed by atoms with E-state index in [2.05, 4.69) is 0 Å². The van der Waals surface area contributed by atoms with E-state index >= 15 is 0 Å². The lowest BCUT2D eigenvalue weighted by Gasteiger charge is -2.27. The van der Waals surface area contributed by atoms with E-state index in [9.17, 15) is 19.2 Å². The molecule has 0 saturated carbocycles. The smallest absolute Gasteiger partial charge is 0.340 e. The summed E-state index contributed by atoms with van der Waals surface area (Å²) >= 11 is 0. The number of hydrogen-bond donors (Lipinski definition) is 1. The molecule has 0 saturated heterocycles. The van der Waals surface area contributed by atoms with E-state index in [1.165, 1.54) is 12.1 Å². The number of ether oxygens (including phenoxy) is 1. The van der Waals surface area contributed by atoms with Gasteiger partial charge in [-0.25, -0.2) is 4.79 Å². The van der Waals surface area contributed by atoms with E-state index in [0.29, 0.717) is 12.1 Å². The second-order valence-electron chi connectivity index (χ2n) is 8.33. The number of hydrogen-bond acceptors (Lipinski definition) is 6. The van der Waals surface area contributed by atoms with E-state index in [4.69, 9.17) is 10.5 Å². The van der Waals surface area contributed by atoms with Crippen molar-refractivity contribution in [1.82, 2.24) is 4.90 Å². The van der Waals surface area contributed by atoms with Crippen molar-refractivity contribution in [2.75, 3.05) is 12.3 Å². The number of anilines is 1. The predicted octanol–water partition coefficient (Wildman–Crippen LogP) is 3.64. The van der Waals surface area contributed by atoms with Gasteiger partial charge in [0.25, 0.3) is 5.91 Å². The summed E-state index contributed by atoms with van der Waals surface area (Å²) in [6.07, 6.45) is 0. The second-order valence-corrected chi connectivity index (χ2v) is 8.33. The fourth-order valence-electron chi connectivity index (χ4n) is 4.02. The predicted molar refractivity (Wildman–Crippen MR) is 127 cm³/mol. The number of benzene rings is 3. The van der Waals surface area contributed by atoms with Crippen molar-refractivity contribution in [3.8, 4) is 0 Å². The minimum atomic E-state index is -0.837. The number of nitrogen functional groups attached to an aromatic ring is 1. The summed E-state index contributed by atoms with van der Waals surface area (Å²) in [5, 5.41) is 0. The molecule has 0 fully saturated rings. The van der Waals surface area contributed by atoms with Gasteiger partial charge in [0.2, 0.25) is 0 Å². The molecule has 0 radical (unpaired) electrons. The molecular formula is C27H24N2O5. The van der Waals surface area contributed by atoms with Crippen LogP contribution in [0.3, 0.4) is 0 Å². The summed E-state index contributed by atoms with van der Waals surface area (Å²) < 4.78 is 5.26. The van der Waals surface area contributed by atoms with Gasteiger partial charge in [-0.3, -0.25) is 14.4 Å². The number of carbonyl (C=O) groups is 4. The third kappa shape index (κ3) is 4.20. The number of rotatable bonds is 6. The van der Waals surface area contributed by atoms with Crippen LogP contribution >= 0.6 is 0 Å². The fraction of sp³-hybridized carbons (Fsp3) is 0.185. The van der Waals surface area contributed by atoms with Crippen molar-refractivity contribution < 1.29 is 23.9 Å². The fourth-order valence-corrected chi connectivity index (χ4v) is 4.02. The number of amides is 1. The minimum absolute atomic E-state index is 0.0163. The Morgan fingerprint density at radius 2 is 1.47 bits per heavy atom. The summed E-state index contributed by atoms with van der Waals surface area (Å²) in [6.45, 7) is 3.66. The first-order valence-corrected chi connectivity index (χ1v) is 10.9. The highest BCUT2D eigenvalue weighted by Gasteiger charge is 2.33. The van der Waals surface area contributed by atoms with Crippen LogP contribution in [-0.2, 0) is 16.1 Å². The number of carbonyl (C=O) groups excluding carboxylic acids is 4. The molecule has 3 aromatic rings. The van der Waals surface area contributed by atoms with Gasteiger partial charge in [-0.15, -0.1) is 0 Å². The van der Waals surface area contributed by atoms with Crippen LogP contribution in [-0.4, -0.2) is 41.0 Å². The largest absolute Gasteiger partial charge is 0.452 e. The van der Waals surface area contributed by atoms with Gasteiger partial charge in [-0.1, -0.05) is 54.6 Å². The molecule has 2 N–H and O–H groups in total. The van der Waals surface area contributed by atoms with Gasteiger partial charge in [-0.05, 0) is 31.5 Å². The Bertz CT molecular complexity index is 1300. The van der Waals surface area contributed by atoms with Crippen molar-refractivity contribution >= 4 is 29.1 Å². The van der Waals surface area contributed by atoms with Crippen LogP contribution < -0.4 is 5.73 Å². The van der Waals surface area contributed by atoms with Crippen LogP contribution in [0.5, 0.6) is 0 Å². The summed E-state index contributed by atoms with van der Waals surface area (Å²) in [5.74, 6) is -1.96. The molecule has 1 aliphatic rings. The highest BCUT2D eigenvalue weighted by atomic mass is 16.5. The average Bonchev–Trinajstić information content (AvgIpc) is 2.84. The normalized spacial score (nSPS) is 12.2. The molecule has 4 rings (SSSR count). The molecule has 7 nitrogen and oxygen atoms in total. The standard InChI is InChI=1S/C27H24N2O5/c1-16(2)29(14-17-8-4-3-5-9-17)22(30)15-34-27(33)21-13-12-20-23(24(21)28)26(32)19-11-7-6-10-18(19)25(20)31/h3-13,16H,14-15,28H2,1-2H3. The highest BCUT2D eigenvalue weighted by molar-refractivity contribution is 6.30. The third-order valence-electron chi connectivity index (χ3n) is 5.82. The van der Waals surface area contributed by atoms with Crippen LogP contribution in [0.25, 0.3) is 0 Å². The zero-order valence-corrected chi connectivity index (χ0v) is 18.9. The Hall–Kier alpha value is -4.26. The number of nitrogens with zero attached hydrogens (tertiary/aromatic N) is 1. The van der Waals surface area contributed by atoms with Crippen LogP contribution in [0.2, 0.25) is 0 Å². The quantitative estimate of drug-likeness (QED) is 0.351. The maximum atomic E-state index is 13.0. The summed E-state index contributed by atoms with van der Waals surface area (Å²) in [7, 11) is 0. The SMILES string of the molecule is CC(C)N(Cc1ccccc1)C(=O)COC(=O)c1ccc2c(c1N)C(=O)c1ccccc1C2=O. The van der Waals surface area contributed by atoms with E-state index in [-0.39, 0.29) is 45.7 Å². The molecule has 3 aromatic carbocycles. The molecule has 1 aliphatic carbocycles. The maximum Gasteiger partial charge on any atom is 0.340 e. The van der Waals surface area contributed by atoms with Crippen molar-refractivity contribution in [2.45, 2.75) is 26.4 Å². The van der Waals surface area contributed by atoms with E-state index in [1.807, 2.05) is 44.2 Å². The molecule has 0 spiro atoms. The summed E-state index contributed by atoms with van der Waals surface area (Å²) in [5.41, 5.74) is 7.58. The van der Waals surface area contributed by atoms with Gasteiger partial charge >= 0.3 is 5.97 Å². The van der Waals surface area contributed by atoms with E-state index < -0.39 is 18.4 Å². The first-order chi connectivity index (χ1) is 16.3. The minimum Gasteiger partial charge on any atom is -0.452 e. The van der Waals surface area contributed by atoms with E-state index in [0.717, 1.165) is 5.56 Å². The van der Waals surface area contributed by atoms with E-state index in [1.54, 1.807) is 29.2 Å². The number of esters is 1. The molecule has 0 heterocycles. The monoisotopic (exact) mass is 456 g/mol.